The fourth-order valence-corrected chi connectivity index (χ4v) is 3.94. The Morgan fingerprint density at radius 1 is 1.32 bits per heavy atom. The van der Waals surface area contributed by atoms with Gasteiger partial charge >= 0.3 is 0 Å². The lowest BCUT2D eigenvalue weighted by Gasteiger charge is -2.35. The third-order valence-corrected chi connectivity index (χ3v) is 5.91. The van der Waals surface area contributed by atoms with Gasteiger partial charge in [-0.1, -0.05) is 11.3 Å². The standard InChI is InChI=1S/C17H20N4O3S/c1-8-14(25-17(18-8)24-2)16(23)19-11-5-10(6-11)12-7-13(22)21-15(20-12)9-3-4-9/h7,9-11H,3-6H2,1-2H3,(H,19,23)(H,20,21,22). The van der Waals surface area contributed by atoms with E-state index in [-0.39, 0.29) is 23.4 Å². The van der Waals surface area contributed by atoms with Crippen molar-refractivity contribution in [3.63, 3.8) is 0 Å². The summed E-state index contributed by atoms with van der Waals surface area (Å²) in [5, 5.41) is 3.53. The third kappa shape index (κ3) is 3.30. The van der Waals surface area contributed by atoms with E-state index in [0.717, 1.165) is 37.2 Å². The molecule has 25 heavy (non-hydrogen) atoms. The van der Waals surface area contributed by atoms with Crippen molar-refractivity contribution in [1.82, 2.24) is 20.3 Å². The van der Waals surface area contributed by atoms with Crippen LogP contribution < -0.4 is 15.6 Å². The highest BCUT2D eigenvalue weighted by atomic mass is 32.1. The van der Waals surface area contributed by atoms with Gasteiger partial charge in [-0.2, -0.15) is 0 Å². The number of H-pyrrole nitrogens is 1. The normalized spacial score (nSPS) is 22.3. The Bertz CT molecular complexity index is 865. The van der Waals surface area contributed by atoms with Gasteiger partial charge in [0, 0.05) is 23.9 Å². The van der Waals surface area contributed by atoms with Crippen LogP contribution in [0.2, 0.25) is 0 Å². The summed E-state index contributed by atoms with van der Waals surface area (Å²) in [6.07, 6.45) is 3.82. The van der Waals surface area contributed by atoms with E-state index in [1.807, 2.05) is 0 Å². The Labute approximate surface area is 148 Å². The maximum atomic E-state index is 12.4. The molecule has 4 rings (SSSR count). The molecule has 8 heteroatoms. The predicted molar refractivity (Wildman–Crippen MR) is 93.5 cm³/mol. The molecule has 0 saturated heterocycles. The number of methoxy groups -OCH3 is 1. The Kier molecular flexibility index (Phi) is 4.07. The van der Waals surface area contributed by atoms with Gasteiger partial charge < -0.3 is 15.0 Å². The van der Waals surface area contributed by atoms with Crippen molar-refractivity contribution in [3.8, 4) is 5.19 Å². The van der Waals surface area contributed by atoms with Gasteiger partial charge in [0.05, 0.1) is 18.5 Å². The van der Waals surface area contributed by atoms with E-state index in [4.69, 9.17) is 4.74 Å². The number of hydrogen-bond donors (Lipinski definition) is 2. The highest BCUT2D eigenvalue weighted by molar-refractivity contribution is 7.15. The van der Waals surface area contributed by atoms with Crippen molar-refractivity contribution in [2.75, 3.05) is 7.11 Å². The van der Waals surface area contributed by atoms with Crippen LogP contribution in [0.25, 0.3) is 0 Å². The quantitative estimate of drug-likeness (QED) is 0.851. The summed E-state index contributed by atoms with van der Waals surface area (Å²) in [6.45, 7) is 1.80. The van der Waals surface area contributed by atoms with Gasteiger partial charge in [0.25, 0.3) is 16.7 Å². The van der Waals surface area contributed by atoms with Crippen LogP contribution in [0.4, 0.5) is 0 Å². The van der Waals surface area contributed by atoms with Gasteiger partial charge in [0.15, 0.2) is 0 Å². The SMILES string of the molecule is COc1nc(C)c(C(=O)NC2CC(c3cc(=O)[nH]c(C4CC4)n3)C2)s1. The minimum atomic E-state index is -0.112. The van der Waals surface area contributed by atoms with E-state index in [1.165, 1.54) is 11.3 Å². The topological polar surface area (TPSA) is 97.0 Å². The van der Waals surface area contributed by atoms with Crippen molar-refractivity contribution in [2.45, 2.75) is 50.5 Å². The van der Waals surface area contributed by atoms with E-state index in [2.05, 4.69) is 20.3 Å². The monoisotopic (exact) mass is 360 g/mol. The molecule has 2 heterocycles. The van der Waals surface area contributed by atoms with Crippen LogP contribution in [0.1, 0.15) is 64.4 Å². The first-order valence-electron chi connectivity index (χ1n) is 8.47. The van der Waals surface area contributed by atoms with Crippen molar-refractivity contribution in [2.24, 2.45) is 0 Å². The average molecular weight is 360 g/mol. The number of rotatable bonds is 5. The molecule has 0 unspecified atom stereocenters. The number of nitrogens with one attached hydrogen (secondary N) is 2. The minimum absolute atomic E-state index is 0.0771. The van der Waals surface area contributed by atoms with Gasteiger partial charge in [0.1, 0.15) is 10.7 Å². The third-order valence-electron chi connectivity index (χ3n) is 4.79. The van der Waals surface area contributed by atoms with Crippen LogP contribution in [-0.2, 0) is 0 Å². The molecule has 2 aromatic heterocycles. The van der Waals surface area contributed by atoms with Crippen LogP contribution >= 0.6 is 11.3 Å². The first kappa shape index (κ1) is 16.3. The molecule has 2 aliphatic carbocycles. The summed E-state index contributed by atoms with van der Waals surface area (Å²) >= 11 is 1.25. The molecule has 0 bridgehead atoms. The van der Waals surface area contributed by atoms with Crippen LogP contribution in [-0.4, -0.2) is 34.0 Å². The van der Waals surface area contributed by atoms with E-state index in [1.54, 1.807) is 20.1 Å². The lowest BCUT2D eigenvalue weighted by Crippen LogP contribution is -2.43. The van der Waals surface area contributed by atoms with E-state index >= 15 is 0 Å². The number of amides is 1. The Morgan fingerprint density at radius 2 is 2.08 bits per heavy atom. The smallest absolute Gasteiger partial charge is 0.273 e. The first-order chi connectivity index (χ1) is 12.0. The number of carbonyl (C=O) groups excluding carboxylic acids is 1. The fourth-order valence-electron chi connectivity index (χ4n) is 3.15. The summed E-state index contributed by atoms with van der Waals surface area (Å²) in [7, 11) is 1.54. The highest BCUT2D eigenvalue weighted by Crippen LogP contribution is 2.40. The van der Waals surface area contributed by atoms with Gasteiger partial charge in [-0.15, -0.1) is 0 Å². The molecular formula is C17H20N4O3S. The van der Waals surface area contributed by atoms with Gasteiger partial charge in [-0.05, 0) is 32.6 Å². The molecule has 2 saturated carbocycles. The van der Waals surface area contributed by atoms with Crippen molar-refractivity contribution < 1.29 is 9.53 Å². The predicted octanol–water partition coefficient (Wildman–Crippen LogP) is 2.10. The van der Waals surface area contributed by atoms with Crippen LogP contribution in [0.3, 0.4) is 0 Å². The van der Waals surface area contributed by atoms with E-state index in [9.17, 15) is 9.59 Å². The van der Waals surface area contributed by atoms with Crippen LogP contribution in [0, 0.1) is 6.92 Å². The van der Waals surface area contributed by atoms with Gasteiger partial charge in [-0.3, -0.25) is 9.59 Å². The Balaban J connectivity index is 1.38. The number of aryl methyl sites for hydroxylation is 1. The van der Waals surface area contributed by atoms with E-state index in [0.29, 0.717) is 21.7 Å². The maximum Gasteiger partial charge on any atom is 0.273 e. The molecule has 132 valence electrons. The zero-order valence-corrected chi connectivity index (χ0v) is 15.0. The second-order valence-corrected chi connectivity index (χ2v) is 7.73. The number of aromatic amines is 1. The summed E-state index contributed by atoms with van der Waals surface area (Å²) in [4.78, 5) is 36.4. The summed E-state index contributed by atoms with van der Waals surface area (Å²) in [5.41, 5.74) is 1.46. The molecule has 2 N–H and O–H groups in total. The van der Waals surface area contributed by atoms with Gasteiger partial charge in [-0.25, -0.2) is 9.97 Å². The van der Waals surface area contributed by atoms with Crippen LogP contribution in [0.15, 0.2) is 10.9 Å². The number of aromatic nitrogens is 3. The molecule has 0 aromatic carbocycles. The second kappa shape index (κ2) is 6.25. The van der Waals surface area contributed by atoms with Crippen molar-refractivity contribution in [1.29, 1.82) is 0 Å². The highest BCUT2D eigenvalue weighted by Gasteiger charge is 2.35. The summed E-state index contributed by atoms with van der Waals surface area (Å²) in [6, 6.07) is 1.70. The summed E-state index contributed by atoms with van der Waals surface area (Å²) < 4.78 is 5.08. The minimum Gasteiger partial charge on any atom is -0.473 e. The van der Waals surface area contributed by atoms with Crippen molar-refractivity contribution >= 4 is 17.2 Å². The zero-order valence-electron chi connectivity index (χ0n) is 14.2. The molecule has 0 radical (unpaired) electrons. The summed E-state index contributed by atoms with van der Waals surface area (Å²) in [5.74, 6) is 1.37. The number of carbonyl (C=O) groups is 1. The lowest BCUT2D eigenvalue weighted by molar-refractivity contribution is 0.0911. The maximum absolute atomic E-state index is 12.4. The van der Waals surface area contributed by atoms with Crippen molar-refractivity contribution in [3.05, 3.63) is 38.5 Å². The molecule has 0 atom stereocenters. The second-order valence-electron chi connectivity index (χ2n) is 6.77. The zero-order chi connectivity index (χ0) is 17.6. The molecule has 2 fully saturated rings. The first-order valence-corrected chi connectivity index (χ1v) is 9.28. The largest absolute Gasteiger partial charge is 0.473 e. The molecular weight excluding hydrogens is 340 g/mol. The molecule has 0 aliphatic heterocycles. The molecule has 7 nitrogen and oxygen atoms in total. The van der Waals surface area contributed by atoms with E-state index < -0.39 is 0 Å². The fraction of sp³-hybridized carbons (Fsp3) is 0.529. The van der Waals surface area contributed by atoms with Crippen LogP contribution in [0.5, 0.6) is 5.19 Å². The Morgan fingerprint density at radius 3 is 2.72 bits per heavy atom. The lowest BCUT2D eigenvalue weighted by atomic mass is 9.78. The molecule has 0 spiro atoms. The van der Waals surface area contributed by atoms with Gasteiger partial charge in [0.2, 0.25) is 0 Å². The molecule has 1 amide bonds. The Hall–Kier alpha value is -2.22. The number of thiazole rings is 1. The number of hydrogen-bond acceptors (Lipinski definition) is 6. The number of ether oxygens (including phenoxy) is 1. The average Bonchev–Trinajstić information content (AvgIpc) is 3.32. The molecule has 2 aromatic rings. The number of nitrogens with zero attached hydrogens (tertiary/aromatic N) is 2. The molecule has 2 aliphatic rings.